The maximum absolute atomic E-state index is 12.6. The molecule has 0 aromatic heterocycles. The van der Waals surface area contributed by atoms with Gasteiger partial charge < -0.3 is 15.5 Å². The predicted octanol–water partition coefficient (Wildman–Crippen LogP) is 1.70. The zero-order valence-electron chi connectivity index (χ0n) is 13.0. The molecule has 2 rings (SSSR count). The van der Waals surface area contributed by atoms with Crippen molar-refractivity contribution in [2.45, 2.75) is 44.9 Å². The number of likely N-dealkylation sites (N-methyl/N-ethyl adjacent to an activating group) is 1. The largest absolute Gasteiger partial charge is 0.340 e. The van der Waals surface area contributed by atoms with Crippen molar-refractivity contribution in [1.29, 1.82) is 0 Å². The van der Waals surface area contributed by atoms with Crippen molar-refractivity contribution in [3.05, 3.63) is 0 Å². The van der Waals surface area contributed by atoms with Gasteiger partial charge in [-0.25, -0.2) is 0 Å². The molecule has 1 atom stereocenters. The van der Waals surface area contributed by atoms with E-state index in [1.54, 1.807) is 0 Å². The number of nitrogens with zero attached hydrogens (tertiary/aromatic N) is 2. The molecular formula is C16H31N3O. The van der Waals surface area contributed by atoms with E-state index in [0.717, 1.165) is 38.5 Å². The first kappa shape index (κ1) is 15.8. The number of rotatable bonds is 4. The molecule has 2 aliphatic rings. The molecule has 1 unspecified atom stereocenters. The van der Waals surface area contributed by atoms with Gasteiger partial charge in [0.2, 0.25) is 5.91 Å². The van der Waals surface area contributed by atoms with E-state index in [9.17, 15) is 4.79 Å². The fraction of sp³-hybridized carbons (Fsp3) is 0.938. The Labute approximate surface area is 123 Å². The number of amides is 1. The summed E-state index contributed by atoms with van der Waals surface area (Å²) in [4.78, 5) is 16.9. The molecule has 4 heteroatoms. The Morgan fingerprint density at radius 1 is 1.10 bits per heavy atom. The maximum Gasteiger partial charge on any atom is 0.227 e. The normalized spacial score (nSPS) is 24.4. The number of piperazine rings is 1. The summed E-state index contributed by atoms with van der Waals surface area (Å²) in [7, 11) is 2.12. The molecule has 1 amide bonds. The maximum atomic E-state index is 12.6. The average molecular weight is 281 g/mol. The molecule has 0 bridgehead atoms. The minimum absolute atomic E-state index is 0.0570. The van der Waals surface area contributed by atoms with Crippen LogP contribution in [0.4, 0.5) is 0 Å². The number of nitrogens with two attached hydrogens (primary N) is 1. The Hall–Kier alpha value is -0.610. The van der Waals surface area contributed by atoms with Crippen LogP contribution in [0.15, 0.2) is 0 Å². The Morgan fingerprint density at radius 3 is 2.25 bits per heavy atom. The zero-order chi connectivity index (χ0) is 14.4. The minimum atomic E-state index is 0.0570. The SMILES string of the molecule is CN1CCN(C(=O)C(CN)CC2CCCCCC2)CC1. The highest BCUT2D eigenvalue weighted by atomic mass is 16.2. The lowest BCUT2D eigenvalue weighted by Gasteiger charge is -2.35. The van der Waals surface area contributed by atoms with Gasteiger partial charge in [0.25, 0.3) is 0 Å². The van der Waals surface area contributed by atoms with E-state index < -0.39 is 0 Å². The summed E-state index contributed by atoms with van der Waals surface area (Å²) in [6.07, 6.45) is 9.03. The van der Waals surface area contributed by atoms with Gasteiger partial charge >= 0.3 is 0 Å². The molecule has 4 nitrogen and oxygen atoms in total. The van der Waals surface area contributed by atoms with Crippen LogP contribution in [0.3, 0.4) is 0 Å². The summed E-state index contributed by atoms with van der Waals surface area (Å²) < 4.78 is 0. The monoisotopic (exact) mass is 281 g/mol. The molecule has 0 radical (unpaired) electrons. The van der Waals surface area contributed by atoms with Crippen molar-refractivity contribution in [1.82, 2.24) is 9.80 Å². The second-order valence-electron chi connectivity index (χ2n) is 6.65. The first-order valence-corrected chi connectivity index (χ1v) is 8.38. The van der Waals surface area contributed by atoms with Crippen LogP contribution in [0.25, 0.3) is 0 Å². The zero-order valence-corrected chi connectivity index (χ0v) is 13.0. The average Bonchev–Trinajstić information content (AvgIpc) is 2.73. The van der Waals surface area contributed by atoms with E-state index in [1.165, 1.54) is 38.5 Å². The Kier molecular flexibility index (Phi) is 6.30. The van der Waals surface area contributed by atoms with Gasteiger partial charge in [0.15, 0.2) is 0 Å². The van der Waals surface area contributed by atoms with Crippen molar-refractivity contribution >= 4 is 5.91 Å². The molecule has 2 fully saturated rings. The van der Waals surface area contributed by atoms with Crippen LogP contribution in [0.2, 0.25) is 0 Å². The third kappa shape index (κ3) is 4.45. The quantitative estimate of drug-likeness (QED) is 0.798. The molecule has 0 aromatic rings. The molecule has 1 saturated carbocycles. The standard InChI is InChI=1S/C16H31N3O/c1-18-8-10-19(11-9-18)16(20)15(13-17)12-14-6-4-2-3-5-7-14/h14-15H,2-13,17H2,1H3. The summed E-state index contributed by atoms with van der Waals surface area (Å²) in [5.41, 5.74) is 5.91. The highest BCUT2D eigenvalue weighted by Crippen LogP contribution is 2.28. The first-order chi connectivity index (χ1) is 9.70. The molecule has 0 aromatic carbocycles. The van der Waals surface area contributed by atoms with E-state index in [-0.39, 0.29) is 5.92 Å². The molecule has 2 N–H and O–H groups in total. The highest BCUT2D eigenvalue weighted by molar-refractivity contribution is 5.79. The van der Waals surface area contributed by atoms with Gasteiger partial charge in [-0.3, -0.25) is 4.79 Å². The second-order valence-corrected chi connectivity index (χ2v) is 6.65. The third-order valence-corrected chi connectivity index (χ3v) is 5.04. The van der Waals surface area contributed by atoms with E-state index in [4.69, 9.17) is 5.73 Å². The van der Waals surface area contributed by atoms with E-state index in [0.29, 0.717) is 12.5 Å². The van der Waals surface area contributed by atoms with Crippen LogP contribution in [-0.4, -0.2) is 55.5 Å². The lowest BCUT2D eigenvalue weighted by atomic mass is 9.88. The first-order valence-electron chi connectivity index (χ1n) is 8.38. The van der Waals surface area contributed by atoms with Crippen LogP contribution >= 0.6 is 0 Å². The Morgan fingerprint density at radius 2 is 1.70 bits per heavy atom. The van der Waals surface area contributed by atoms with Gasteiger partial charge in [0.1, 0.15) is 0 Å². The lowest BCUT2D eigenvalue weighted by Crippen LogP contribution is -2.50. The van der Waals surface area contributed by atoms with Gasteiger partial charge in [-0.05, 0) is 19.4 Å². The van der Waals surface area contributed by atoms with Crippen LogP contribution in [0, 0.1) is 11.8 Å². The predicted molar refractivity (Wildman–Crippen MR) is 82.4 cm³/mol. The van der Waals surface area contributed by atoms with Crippen LogP contribution < -0.4 is 5.73 Å². The summed E-state index contributed by atoms with van der Waals surface area (Å²) in [6, 6.07) is 0. The number of hydrogen-bond acceptors (Lipinski definition) is 3. The molecule has 116 valence electrons. The van der Waals surface area contributed by atoms with Crippen molar-refractivity contribution < 1.29 is 4.79 Å². The summed E-state index contributed by atoms with van der Waals surface area (Å²) in [5.74, 6) is 1.09. The van der Waals surface area contributed by atoms with Crippen molar-refractivity contribution in [2.24, 2.45) is 17.6 Å². The molecular weight excluding hydrogens is 250 g/mol. The molecule has 1 aliphatic carbocycles. The van der Waals surface area contributed by atoms with Gasteiger partial charge in [-0.1, -0.05) is 38.5 Å². The van der Waals surface area contributed by atoms with Crippen LogP contribution in [-0.2, 0) is 4.79 Å². The second kappa shape index (κ2) is 7.99. The van der Waals surface area contributed by atoms with Crippen molar-refractivity contribution in [3.8, 4) is 0 Å². The van der Waals surface area contributed by atoms with Crippen LogP contribution in [0.1, 0.15) is 44.9 Å². The van der Waals surface area contributed by atoms with Gasteiger partial charge in [0, 0.05) is 32.7 Å². The number of carbonyl (C=O) groups is 1. The topological polar surface area (TPSA) is 49.6 Å². The summed E-state index contributed by atoms with van der Waals surface area (Å²) in [6.45, 7) is 4.24. The number of hydrogen-bond donors (Lipinski definition) is 1. The van der Waals surface area contributed by atoms with E-state index >= 15 is 0 Å². The third-order valence-electron chi connectivity index (χ3n) is 5.04. The van der Waals surface area contributed by atoms with E-state index in [2.05, 4.69) is 11.9 Å². The molecule has 1 heterocycles. The highest BCUT2D eigenvalue weighted by Gasteiger charge is 2.28. The Balaban J connectivity index is 1.84. The smallest absolute Gasteiger partial charge is 0.227 e. The van der Waals surface area contributed by atoms with Gasteiger partial charge in [-0.2, -0.15) is 0 Å². The van der Waals surface area contributed by atoms with E-state index in [1.807, 2.05) is 4.90 Å². The van der Waals surface area contributed by atoms with Crippen molar-refractivity contribution in [2.75, 3.05) is 39.8 Å². The van der Waals surface area contributed by atoms with Crippen LogP contribution in [0.5, 0.6) is 0 Å². The van der Waals surface area contributed by atoms with Crippen molar-refractivity contribution in [3.63, 3.8) is 0 Å². The minimum Gasteiger partial charge on any atom is -0.340 e. The fourth-order valence-corrected chi connectivity index (χ4v) is 3.58. The van der Waals surface area contributed by atoms with Gasteiger partial charge in [0.05, 0.1) is 5.92 Å². The number of carbonyl (C=O) groups excluding carboxylic acids is 1. The summed E-state index contributed by atoms with van der Waals surface area (Å²) >= 11 is 0. The Bertz CT molecular complexity index is 292. The lowest BCUT2D eigenvalue weighted by molar-refractivity contribution is -0.137. The molecule has 0 spiro atoms. The molecule has 1 aliphatic heterocycles. The molecule has 20 heavy (non-hydrogen) atoms. The molecule has 1 saturated heterocycles. The van der Waals surface area contributed by atoms with Gasteiger partial charge in [-0.15, -0.1) is 0 Å². The summed E-state index contributed by atoms with van der Waals surface area (Å²) in [5, 5.41) is 0. The fourth-order valence-electron chi connectivity index (χ4n) is 3.58.